The first-order valence-corrected chi connectivity index (χ1v) is 5.58. The summed E-state index contributed by atoms with van der Waals surface area (Å²) in [6.45, 7) is 3.69. The summed E-state index contributed by atoms with van der Waals surface area (Å²) in [7, 11) is 0. The van der Waals surface area contributed by atoms with Gasteiger partial charge in [-0.1, -0.05) is 12.1 Å². The van der Waals surface area contributed by atoms with Gasteiger partial charge in [-0.2, -0.15) is 0 Å². The SMILES string of the molecule is CC1(C)CC(CC(=O)O)c2cccc(F)c2O1. The Hall–Kier alpha value is -1.58. The van der Waals surface area contributed by atoms with Crippen molar-refractivity contribution in [2.75, 3.05) is 0 Å². The van der Waals surface area contributed by atoms with Crippen molar-refractivity contribution in [3.63, 3.8) is 0 Å². The molecule has 1 atom stereocenters. The number of benzene rings is 1. The maximum absolute atomic E-state index is 13.7. The number of hydrogen-bond acceptors (Lipinski definition) is 2. The summed E-state index contributed by atoms with van der Waals surface area (Å²) in [6.07, 6.45) is 0.582. The van der Waals surface area contributed by atoms with Crippen LogP contribution in [0.3, 0.4) is 0 Å². The highest BCUT2D eigenvalue weighted by Gasteiger charge is 2.36. The monoisotopic (exact) mass is 238 g/mol. The lowest BCUT2D eigenvalue weighted by atomic mass is 9.82. The smallest absolute Gasteiger partial charge is 0.303 e. The number of carboxylic acid groups (broad SMARTS) is 1. The van der Waals surface area contributed by atoms with Gasteiger partial charge in [-0.05, 0) is 26.3 Å². The number of ether oxygens (including phenoxy) is 1. The number of fused-ring (bicyclic) bond motifs is 1. The Morgan fingerprint density at radius 2 is 2.29 bits per heavy atom. The lowest BCUT2D eigenvalue weighted by Gasteiger charge is -2.37. The van der Waals surface area contributed by atoms with Gasteiger partial charge in [0.1, 0.15) is 5.60 Å². The molecule has 1 unspecified atom stereocenters. The molecule has 92 valence electrons. The summed E-state index contributed by atoms with van der Waals surface area (Å²) >= 11 is 0. The number of rotatable bonds is 2. The number of carbonyl (C=O) groups is 1. The lowest BCUT2D eigenvalue weighted by Crippen LogP contribution is -2.36. The van der Waals surface area contributed by atoms with Gasteiger partial charge in [0.2, 0.25) is 0 Å². The highest BCUT2D eigenvalue weighted by atomic mass is 19.1. The van der Waals surface area contributed by atoms with Gasteiger partial charge in [0.15, 0.2) is 11.6 Å². The van der Waals surface area contributed by atoms with Gasteiger partial charge in [-0.3, -0.25) is 4.79 Å². The number of aliphatic carboxylic acids is 1. The van der Waals surface area contributed by atoms with Crippen LogP contribution in [0.5, 0.6) is 5.75 Å². The molecule has 3 nitrogen and oxygen atoms in total. The van der Waals surface area contributed by atoms with Gasteiger partial charge in [-0.15, -0.1) is 0 Å². The summed E-state index contributed by atoms with van der Waals surface area (Å²) < 4.78 is 19.2. The average Bonchev–Trinajstić information content (AvgIpc) is 2.17. The molecule has 1 aromatic carbocycles. The molecule has 0 amide bonds. The molecule has 0 bridgehead atoms. The first-order chi connectivity index (χ1) is 7.89. The zero-order valence-corrected chi connectivity index (χ0v) is 9.87. The van der Waals surface area contributed by atoms with Gasteiger partial charge in [0, 0.05) is 11.5 Å². The first-order valence-electron chi connectivity index (χ1n) is 5.58. The molecule has 2 rings (SSSR count). The highest BCUT2D eigenvalue weighted by Crippen LogP contribution is 2.43. The number of hydrogen-bond donors (Lipinski definition) is 1. The third kappa shape index (κ3) is 2.40. The Morgan fingerprint density at radius 1 is 1.59 bits per heavy atom. The van der Waals surface area contributed by atoms with Crippen molar-refractivity contribution in [1.82, 2.24) is 0 Å². The lowest BCUT2D eigenvalue weighted by molar-refractivity contribution is -0.137. The second-order valence-electron chi connectivity index (χ2n) is 5.02. The van der Waals surface area contributed by atoms with Gasteiger partial charge < -0.3 is 9.84 Å². The Kier molecular flexibility index (Phi) is 2.81. The van der Waals surface area contributed by atoms with E-state index >= 15 is 0 Å². The second-order valence-corrected chi connectivity index (χ2v) is 5.02. The molecule has 0 fully saturated rings. The van der Waals surface area contributed by atoms with Crippen LogP contribution in [0, 0.1) is 5.82 Å². The zero-order valence-electron chi connectivity index (χ0n) is 9.87. The summed E-state index contributed by atoms with van der Waals surface area (Å²) in [5.74, 6) is -1.29. The van der Waals surface area contributed by atoms with Crippen molar-refractivity contribution in [3.8, 4) is 5.75 Å². The number of halogens is 1. The maximum Gasteiger partial charge on any atom is 0.303 e. The Morgan fingerprint density at radius 3 is 2.94 bits per heavy atom. The van der Waals surface area contributed by atoms with Crippen LogP contribution in [0.1, 0.15) is 38.2 Å². The van der Waals surface area contributed by atoms with Crippen LogP contribution in [0.2, 0.25) is 0 Å². The standard InChI is InChI=1S/C13H15FO3/c1-13(2)7-8(6-11(15)16)9-4-3-5-10(14)12(9)17-13/h3-5,8H,6-7H2,1-2H3,(H,15,16). The fraction of sp³-hybridized carbons (Fsp3) is 0.462. The van der Waals surface area contributed by atoms with Crippen molar-refractivity contribution in [2.45, 2.75) is 38.2 Å². The van der Waals surface area contributed by atoms with E-state index in [0.717, 1.165) is 0 Å². The van der Waals surface area contributed by atoms with Crippen molar-refractivity contribution >= 4 is 5.97 Å². The molecule has 0 aliphatic carbocycles. The van der Waals surface area contributed by atoms with Gasteiger partial charge in [0.25, 0.3) is 0 Å². The van der Waals surface area contributed by atoms with E-state index in [4.69, 9.17) is 9.84 Å². The molecule has 1 heterocycles. The Balaban J connectivity index is 2.43. The van der Waals surface area contributed by atoms with Crippen molar-refractivity contribution in [1.29, 1.82) is 0 Å². The first kappa shape index (κ1) is 11.9. The van der Waals surface area contributed by atoms with Crippen LogP contribution in [-0.2, 0) is 4.79 Å². The largest absolute Gasteiger partial charge is 0.484 e. The molecule has 1 N–H and O–H groups in total. The van der Waals surface area contributed by atoms with Gasteiger partial charge in [0.05, 0.1) is 6.42 Å². The van der Waals surface area contributed by atoms with Crippen molar-refractivity contribution < 1.29 is 19.0 Å². The van der Waals surface area contributed by atoms with Crippen molar-refractivity contribution in [2.24, 2.45) is 0 Å². The third-order valence-electron chi connectivity index (χ3n) is 2.97. The van der Waals surface area contributed by atoms with E-state index in [9.17, 15) is 9.18 Å². The van der Waals surface area contributed by atoms with E-state index < -0.39 is 17.4 Å². The average molecular weight is 238 g/mol. The maximum atomic E-state index is 13.7. The summed E-state index contributed by atoms with van der Waals surface area (Å²) in [6, 6.07) is 4.66. The fourth-order valence-electron chi connectivity index (χ4n) is 2.37. The molecule has 0 saturated carbocycles. The van der Waals surface area contributed by atoms with Crippen LogP contribution in [0.4, 0.5) is 4.39 Å². The molecule has 1 aliphatic rings. The molecule has 1 aliphatic heterocycles. The molecular weight excluding hydrogens is 223 g/mol. The highest BCUT2D eigenvalue weighted by molar-refractivity contribution is 5.68. The molecule has 0 radical (unpaired) electrons. The molecular formula is C13H15FO3. The van der Waals surface area contributed by atoms with Gasteiger partial charge in [-0.25, -0.2) is 4.39 Å². The number of carboxylic acids is 1. The minimum Gasteiger partial charge on any atom is -0.484 e. The number of para-hydroxylation sites is 1. The predicted molar refractivity (Wildman–Crippen MR) is 60.7 cm³/mol. The minimum atomic E-state index is -0.872. The summed E-state index contributed by atoms with van der Waals surface area (Å²) in [5, 5.41) is 8.90. The van der Waals surface area contributed by atoms with Crippen LogP contribution >= 0.6 is 0 Å². The van der Waals surface area contributed by atoms with Crippen molar-refractivity contribution in [3.05, 3.63) is 29.6 Å². The molecule has 17 heavy (non-hydrogen) atoms. The predicted octanol–water partition coefficient (Wildman–Crippen LogP) is 2.95. The zero-order chi connectivity index (χ0) is 12.6. The van der Waals surface area contributed by atoms with Crippen LogP contribution in [0.25, 0.3) is 0 Å². The molecule has 0 spiro atoms. The molecule has 0 saturated heterocycles. The fourth-order valence-corrected chi connectivity index (χ4v) is 2.37. The van der Waals surface area contributed by atoms with E-state index in [1.165, 1.54) is 6.07 Å². The molecule has 1 aromatic rings. The topological polar surface area (TPSA) is 46.5 Å². The quantitative estimate of drug-likeness (QED) is 0.861. The van der Waals surface area contributed by atoms with Crippen LogP contribution in [-0.4, -0.2) is 16.7 Å². The van der Waals surface area contributed by atoms with Crippen LogP contribution < -0.4 is 4.74 Å². The summed E-state index contributed by atoms with van der Waals surface area (Å²) in [4.78, 5) is 10.8. The second kappa shape index (κ2) is 4.02. The Labute approximate surface area is 99.2 Å². The van der Waals surface area contributed by atoms with Crippen LogP contribution in [0.15, 0.2) is 18.2 Å². The summed E-state index contributed by atoms with van der Waals surface area (Å²) in [5.41, 5.74) is 0.127. The van der Waals surface area contributed by atoms with E-state index in [0.29, 0.717) is 12.0 Å². The van der Waals surface area contributed by atoms with E-state index in [1.807, 2.05) is 13.8 Å². The minimum absolute atomic E-state index is 0.00322. The van der Waals surface area contributed by atoms with E-state index in [1.54, 1.807) is 12.1 Å². The normalized spacial score (nSPS) is 21.5. The molecule has 4 heteroatoms. The molecule has 0 aromatic heterocycles. The van der Waals surface area contributed by atoms with E-state index in [2.05, 4.69) is 0 Å². The third-order valence-corrected chi connectivity index (χ3v) is 2.97. The van der Waals surface area contributed by atoms with Gasteiger partial charge >= 0.3 is 5.97 Å². The Bertz CT molecular complexity index is 454. The van der Waals surface area contributed by atoms with E-state index in [-0.39, 0.29) is 18.1 Å².